The third kappa shape index (κ3) is 4.91. The Bertz CT molecular complexity index is 1030. The van der Waals surface area contributed by atoms with Crippen LogP contribution in [-0.2, 0) is 4.79 Å². The van der Waals surface area contributed by atoms with Gasteiger partial charge in [0.1, 0.15) is 5.75 Å². The lowest BCUT2D eigenvalue weighted by Gasteiger charge is -2.08. The fraction of sp³-hybridized carbons (Fsp3) is 0.118. The van der Waals surface area contributed by atoms with Crippen LogP contribution in [0.1, 0.15) is 5.56 Å². The van der Waals surface area contributed by atoms with Gasteiger partial charge in [0.25, 0.3) is 11.6 Å². The Morgan fingerprint density at radius 2 is 2.07 bits per heavy atom. The van der Waals surface area contributed by atoms with Crippen LogP contribution in [0.2, 0.25) is 5.02 Å². The molecule has 2 aromatic carbocycles. The minimum absolute atomic E-state index is 0.0607. The van der Waals surface area contributed by atoms with Crippen LogP contribution < -0.4 is 15.4 Å². The first-order valence-corrected chi connectivity index (χ1v) is 9.47. The Kier molecular flexibility index (Phi) is 6.02. The monoisotopic (exact) mass is 436 g/mol. The number of non-ortho nitro benzene ring substituents is 1. The van der Waals surface area contributed by atoms with Crippen LogP contribution in [0.25, 0.3) is 10.2 Å². The number of ether oxygens (including phenoxy) is 1. The van der Waals surface area contributed by atoms with E-state index >= 15 is 0 Å². The molecule has 144 valence electrons. The fourth-order valence-corrected chi connectivity index (χ4v) is 3.59. The molecule has 0 fully saturated rings. The number of aromatic nitrogens is 1. The zero-order valence-electron chi connectivity index (χ0n) is 14.4. The number of nitrogens with zero attached hydrogens (tertiary/aromatic N) is 2. The molecule has 0 aliphatic rings. The number of carbonyl (C=O) groups excluding carboxylic acids is 1. The number of thiocarbonyl (C=S) groups is 1. The molecule has 2 N–H and O–H groups in total. The minimum Gasteiger partial charge on any atom is -0.484 e. The van der Waals surface area contributed by atoms with Gasteiger partial charge in [0.2, 0.25) is 0 Å². The number of halogens is 1. The van der Waals surface area contributed by atoms with Crippen LogP contribution in [0.4, 0.5) is 10.8 Å². The summed E-state index contributed by atoms with van der Waals surface area (Å²) in [5.74, 6) is -0.145. The maximum atomic E-state index is 11.9. The summed E-state index contributed by atoms with van der Waals surface area (Å²) in [4.78, 5) is 26.4. The van der Waals surface area contributed by atoms with Gasteiger partial charge in [-0.25, -0.2) is 4.98 Å². The number of carbonyl (C=O) groups is 1. The minimum atomic E-state index is -0.516. The molecule has 0 atom stereocenters. The Morgan fingerprint density at radius 3 is 2.75 bits per heavy atom. The second-order valence-electron chi connectivity index (χ2n) is 5.63. The lowest BCUT2D eigenvalue weighted by Crippen LogP contribution is -2.37. The number of nitro benzene ring substituents is 1. The molecule has 1 amide bonds. The quantitative estimate of drug-likeness (QED) is 0.353. The highest BCUT2D eigenvalue weighted by Crippen LogP contribution is 2.30. The average Bonchev–Trinajstić information content (AvgIpc) is 3.01. The Hall–Kier alpha value is -2.82. The van der Waals surface area contributed by atoms with Crippen molar-refractivity contribution in [1.29, 1.82) is 0 Å². The van der Waals surface area contributed by atoms with E-state index in [1.165, 1.54) is 35.6 Å². The van der Waals surface area contributed by atoms with Crippen LogP contribution in [0, 0.1) is 17.0 Å². The van der Waals surface area contributed by atoms with Gasteiger partial charge in [-0.3, -0.25) is 20.2 Å². The van der Waals surface area contributed by atoms with Gasteiger partial charge in [0.05, 0.1) is 15.1 Å². The lowest BCUT2D eigenvalue weighted by molar-refractivity contribution is -0.384. The summed E-state index contributed by atoms with van der Waals surface area (Å²) < 4.78 is 6.22. The topological polar surface area (TPSA) is 106 Å². The van der Waals surface area contributed by atoms with Gasteiger partial charge in [-0.2, -0.15) is 0 Å². The lowest BCUT2D eigenvalue weighted by atomic mass is 10.2. The first-order valence-electron chi connectivity index (χ1n) is 7.86. The summed E-state index contributed by atoms with van der Waals surface area (Å²) in [5, 5.41) is 17.2. The van der Waals surface area contributed by atoms with Crippen molar-refractivity contribution in [2.24, 2.45) is 0 Å². The maximum Gasteiger partial charge on any atom is 0.269 e. The first kappa shape index (κ1) is 19.9. The van der Waals surface area contributed by atoms with Gasteiger partial charge in [0.15, 0.2) is 16.9 Å². The molecule has 0 radical (unpaired) electrons. The van der Waals surface area contributed by atoms with Crippen molar-refractivity contribution in [2.75, 3.05) is 11.9 Å². The van der Waals surface area contributed by atoms with Crippen molar-refractivity contribution >= 4 is 67.2 Å². The maximum absolute atomic E-state index is 11.9. The summed E-state index contributed by atoms with van der Waals surface area (Å²) in [6.07, 6.45) is 0. The molecule has 3 aromatic rings. The van der Waals surface area contributed by atoms with Crippen molar-refractivity contribution in [2.45, 2.75) is 6.92 Å². The van der Waals surface area contributed by atoms with E-state index in [0.29, 0.717) is 15.9 Å². The number of benzene rings is 2. The van der Waals surface area contributed by atoms with Gasteiger partial charge >= 0.3 is 0 Å². The predicted molar refractivity (Wildman–Crippen MR) is 112 cm³/mol. The summed E-state index contributed by atoms with van der Waals surface area (Å²) in [5.41, 5.74) is 1.62. The number of hydrogen-bond donors (Lipinski definition) is 2. The second kappa shape index (κ2) is 8.46. The van der Waals surface area contributed by atoms with Crippen LogP contribution >= 0.6 is 35.2 Å². The number of nitrogens with one attached hydrogen (secondary N) is 2. The van der Waals surface area contributed by atoms with E-state index in [1.54, 1.807) is 6.07 Å². The Labute approximate surface area is 173 Å². The average molecular weight is 437 g/mol. The van der Waals surface area contributed by atoms with Crippen molar-refractivity contribution < 1.29 is 14.5 Å². The van der Waals surface area contributed by atoms with Crippen molar-refractivity contribution in [3.8, 4) is 5.75 Å². The van der Waals surface area contributed by atoms with Gasteiger partial charge in [0, 0.05) is 17.2 Å². The van der Waals surface area contributed by atoms with E-state index < -0.39 is 10.8 Å². The highest BCUT2D eigenvalue weighted by molar-refractivity contribution is 7.80. The fourth-order valence-electron chi connectivity index (χ4n) is 2.21. The number of hydrogen-bond acceptors (Lipinski definition) is 7. The molecule has 0 bridgehead atoms. The second-order valence-corrected chi connectivity index (χ2v) is 7.48. The van der Waals surface area contributed by atoms with Crippen LogP contribution in [0.5, 0.6) is 5.75 Å². The van der Waals surface area contributed by atoms with Gasteiger partial charge in [-0.15, -0.1) is 0 Å². The molecule has 11 heteroatoms. The third-order valence-electron chi connectivity index (χ3n) is 3.56. The molecule has 0 saturated heterocycles. The van der Waals surface area contributed by atoms with Crippen molar-refractivity contribution in [3.05, 3.63) is 57.1 Å². The smallest absolute Gasteiger partial charge is 0.269 e. The van der Waals surface area contributed by atoms with Gasteiger partial charge < -0.3 is 10.1 Å². The van der Waals surface area contributed by atoms with E-state index in [1.807, 2.05) is 13.0 Å². The van der Waals surface area contributed by atoms with E-state index in [0.717, 1.165) is 15.8 Å². The molecule has 0 spiro atoms. The molecule has 3 rings (SSSR count). The summed E-state index contributed by atoms with van der Waals surface area (Å²) in [7, 11) is 0. The third-order valence-corrected chi connectivity index (χ3v) is 5.10. The molecule has 28 heavy (non-hydrogen) atoms. The van der Waals surface area contributed by atoms with E-state index in [2.05, 4.69) is 15.6 Å². The number of anilines is 1. The summed E-state index contributed by atoms with van der Waals surface area (Å²) >= 11 is 12.6. The first-order chi connectivity index (χ1) is 13.3. The number of rotatable bonds is 5. The number of thiazole rings is 1. The molecule has 0 aliphatic heterocycles. The Morgan fingerprint density at radius 1 is 1.36 bits per heavy atom. The molecule has 1 aromatic heterocycles. The van der Waals surface area contributed by atoms with Crippen LogP contribution in [-0.4, -0.2) is 27.5 Å². The van der Waals surface area contributed by atoms with Crippen molar-refractivity contribution in [3.63, 3.8) is 0 Å². The molecular formula is C17H13ClN4O4S2. The summed E-state index contributed by atoms with van der Waals surface area (Å²) in [6, 6.07) is 9.11. The molecule has 1 heterocycles. The number of fused-ring (bicyclic) bond motifs is 1. The SMILES string of the molecule is Cc1cc2sc(NC(=S)NC(=O)COc3ccc([N+](=O)[O-])cc3)nc2cc1Cl. The van der Waals surface area contributed by atoms with Gasteiger partial charge in [-0.1, -0.05) is 22.9 Å². The van der Waals surface area contributed by atoms with Gasteiger partial charge in [-0.05, 0) is 49.0 Å². The Balaban J connectivity index is 1.53. The standard InChI is InChI=1S/C17H13ClN4O4S2/c1-9-6-14-13(7-12(9)18)19-17(28-14)21-16(27)20-15(23)8-26-11-4-2-10(3-5-11)22(24)25/h2-7H,8H2,1H3,(H2,19,20,21,23,27). The van der Waals surface area contributed by atoms with Crippen molar-refractivity contribution in [1.82, 2.24) is 10.3 Å². The van der Waals surface area contributed by atoms with E-state index in [-0.39, 0.29) is 17.4 Å². The zero-order valence-corrected chi connectivity index (χ0v) is 16.8. The predicted octanol–water partition coefficient (Wildman–Crippen LogP) is 4.06. The molecule has 0 saturated carbocycles. The molecule has 8 nitrogen and oxygen atoms in total. The van der Waals surface area contributed by atoms with E-state index in [4.69, 9.17) is 28.6 Å². The number of nitro groups is 1. The molecular weight excluding hydrogens is 424 g/mol. The largest absolute Gasteiger partial charge is 0.484 e. The van der Waals surface area contributed by atoms with Crippen LogP contribution in [0.15, 0.2) is 36.4 Å². The van der Waals surface area contributed by atoms with E-state index in [9.17, 15) is 14.9 Å². The normalized spacial score (nSPS) is 10.5. The summed E-state index contributed by atoms with van der Waals surface area (Å²) in [6.45, 7) is 1.61. The zero-order chi connectivity index (χ0) is 20.3. The highest BCUT2D eigenvalue weighted by atomic mass is 35.5. The number of aryl methyl sites for hydroxylation is 1. The molecule has 0 aliphatic carbocycles. The van der Waals surface area contributed by atoms with Crippen LogP contribution in [0.3, 0.4) is 0 Å². The number of amides is 1. The highest BCUT2D eigenvalue weighted by Gasteiger charge is 2.11. The molecule has 0 unspecified atom stereocenters.